The van der Waals surface area contributed by atoms with E-state index in [4.69, 9.17) is 0 Å². The quantitative estimate of drug-likeness (QED) is 0.516. The van der Waals surface area contributed by atoms with Gasteiger partial charge in [-0.25, -0.2) is 4.98 Å². The van der Waals surface area contributed by atoms with Crippen molar-refractivity contribution in [1.82, 2.24) is 14.9 Å². The molecule has 4 heterocycles. The third-order valence-electron chi connectivity index (χ3n) is 6.74. The number of hydrogen-bond donors (Lipinski definition) is 4. The second-order valence-corrected chi connectivity index (χ2v) is 9.71. The molecular formula is C23H29N5O3. The number of aromatic nitrogens is 2. The minimum atomic E-state index is -0.859. The van der Waals surface area contributed by atoms with Crippen LogP contribution in [0.4, 0.5) is 17.2 Å². The standard InChI is InChI=1S/C23H29N5O3/c1-13-15-9-14-11-24-17(25-12-22(2,3)31)10-16(14)26-18(15)21(30)28-19(13)20(29)27-23(28)7-5-4-6-8-23/h10-11,26,31H,4-9,12H2,1-3H3,(H,24,25)(H,27,29). The number of pyridine rings is 2. The topological polar surface area (TPSA) is 108 Å². The van der Waals surface area contributed by atoms with Crippen molar-refractivity contribution in [2.75, 3.05) is 17.2 Å². The van der Waals surface area contributed by atoms with Gasteiger partial charge in [-0.3, -0.25) is 14.2 Å². The largest absolute Gasteiger partial charge is 0.389 e. The molecule has 31 heavy (non-hydrogen) atoms. The summed E-state index contributed by atoms with van der Waals surface area (Å²) in [5.41, 5.74) is 2.99. The molecule has 164 valence electrons. The highest BCUT2D eigenvalue weighted by Crippen LogP contribution is 2.41. The van der Waals surface area contributed by atoms with Gasteiger partial charge in [0.15, 0.2) is 0 Å². The summed E-state index contributed by atoms with van der Waals surface area (Å²) in [6.07, 6.45) is 7.03. The molecule has 8 nitrogen and oxygen atoms in total. The molecule has 0 unspecified atom stereocenters. The highest BCUT2D eigenvalue weighted by molar-refractivity contribution is 5.98. The van der Waals surface area contributed by atoms with Crippen LogP contribution in [0.25, 0.3) is 0 Å². The Hall–Kier alpha value is -2.87. The summed E-state index contributed by atoms with van der Waals surface area (Å²) in [5, 5.41) is 19.6. The first-order chi connectivity index (χ1) is 14.7. The van der Waals surface area contributed by atoms with Crippen molar-refractivity contribution in [2.45, 2.75) is 70.6 Å². The first-order valence-electron chi connectivity index (χ1n) is 11.0. The molecule has 1 fully saturated rings. The van der Waals surface area contributed by atoms with Crippen molar-refractivity contribution >= 4 is 23.1 Å². The van der Waals surface area contributed by atoms with Crippen LogP contribution in [0.5, 0.6) is 0 Å². The van der Waals surface area contributed by atoms with Crippen molar-refractivity contribution in [3.8, 4) is 0 Å². The number of nitrogens with one attached hydrogen (secondary N) is 3. The summed E-state index contributed by atoms with van der Waals surface area (Å²) < 4.78 is 1.73. The first-order valence-corrected chi connectivity index (χ1v) is 11.0. The van der Waals surface area contributed by atoms with Crippen molar-refractivity contribution < 1.29 is 9.90 Å². The Morgan fingerprint density at radius 3 is 2.71 bits per heavy atom. The fourth-order valence-electron chi connectivity index (χ4n) is 5.15. The van der Waals surface area contributed by atoms with Gasteiger partial charge < -0.3 is 21.1 Å². The zero-order chi connectivity index (χ0) is 22.0. The molecule has 5 rings (SSSR count). The number of nitrogens with zero attached hydrogens (tertiary/aromatic N) is 2. The van der Waals surface area contributed by atoms with Crippen LogP contribution in [-0.4, -0.2) is 32.7 Å². The van der Waals surface area contributed by atoms with Crippen LogP contribution in [0.1, 0.15) is 73.1 Å². The van der Waals surface area contributed by atoms with Gasteiger partial charge >= 0.3 is 0 Å². The number of aliphatic hydroxyl groups is 1. The summed E-state index contributed by atoms with van der Waals surface area (Å²) in [7, 11) is 0. The van der Waals surface area contributed by atoms with E-state index < -0.39 is 11.3 Å². The Morgan fingerprint density at radius 2 is 2.00 bits per heavy atom. The summed E-state index contributed by atoms with van der Waals surface area (Å²) in [4.78, 5) is 31.0. The molecular weight excluding hydrogens is 394 g/mol. The van der Waals surface area contributed by atoms with E-state index in [1.54, 1.807) is 24.6 Å². The second-order valence-electron chi connectivity index (χ2n) is 9.71. The number of fused-ring (bicyclic) bond motifs is 4. The Morgan fingerprint density at radius 1 is 1.26 bits per heavy atom. The highest BCUT2D eigenvalue weighted by atomic mass is 16.3. The molecule has 0 radical (unpaired) electrons. The monoisotopic (exact) mass is 423 g/mol. The van der Waals surface area contributed by atoms with Crippen LogP contribution in [0.3, 0.4) is 0 Å². The van der Waals surface area contributed by atoms with Gasteiger partial charge in [0.2, 0.25) is 0 Å². The van der Waals surface area contributed by atoms with E-state index in [2.05, 4.69) is 20.9 Å². The van der Waals surface area contributed by atoms with Crippen LogP contribution >= 0.6 is 0 Å². The third-order valence-corrected chi connectivity index (χ3v) is 6.74. The molecule has 2 aromatic rings. The molecule has 1 amide bonds. The van der Waals surface area contributed by atoms with Crippen molar-refractivity contribution in [1.29, 1.82) is 0 Å². The fraction of sp³-hybridized carbons (Fsp3) is 0.522. The van der Waals surface area contributed by atoms with Crippen LogP contribution in [-0.2, 0) is 12.1 Å². The molecule has 0 aromatic carbocycles. The van der Waals surface area contributed by atoms with E-state index in [0.717, 1.165) is 54.5 Å². The molecule has 1 saturated carbocycles. The van der Waals surface area contributed by atoms with E-state index in [0.29, 0.717) is 30.2 Å². The second kappa shape index (κ2) is 6.82. The van der Waals surface area contributed by atoms with Crippen LogP contribution in [0.15, 0.2) is 17.1 Å². The molecule has 2 aromatic heterocycles. The average Bonchev–Trinajstić information content (AvgIpc) is 3.00. The normalized spacial score (nSPS) is 18.6. The minimum absolute atomic E-state index is 0.135. The summed E-state index contributed by atoms with van der Waals surface area (Å²) >= 11 is 0. The molecule has 1 spiro atoms. The average molecular weight is 424 g/mol. The number of anilines is 3. The van der Waals surface area contributed by atoms with Gasteiger partial charge in [0.25, 0.3) is 11.5 Å². The van der Waals surface area contributed by atoms with Gasteiger partial charge in [0, 0.05) is 30.9 Å². The zero-order valence-electron chi connectivity index (χ0n) is 18.3. The van der Waals surface area contributed by atoms with Gasteiger partial charge in [-0.05, 0) is 63.1 Å². The van der Waals surface area contributed by atoms with Gasteiger partial charge in [-0.15, -0.1) is 0 Å². The lowest BCUT2D eigenvalue weighted by Gasteiger charge is -2.36. The highest BCUT2D eigenvalue weighted by Gasteiger charge is 2.46. The van der Waals surface area contributed by atoms with Gasteiger partial charge in [-0.2, -0.15) is 0 Å². The number of amides is 1. The number of hydrogen-bond acceptors (Lipinski definition) is 6. The predicted molar refractivity (Wildman–Crippen MR) is 119 cm³/mol. The van der Waals surface area contributed by atoms with E-state index >= 15 is 0 Å². The Bertz CT molecular complexity index is 1140. The van der Waals surface area contributed by atoms with E-state index in [9.17, 15) is 14.7 Å². The predicted octanol–water partition coefficient (Wildman–Crippen LogP) is 2.74. The lowest BCUT2D eigenvalue weighted by Crippen LogP contribution is -2.49. The third kappa shape index (κ3) is 3.20. The van der Waals surface area contributed by atoms with E-state index in [1.165, 1.54) is 0 Å². The smallest absolute Gasteiger partial charge is 0.277 e. The van der Waals surface area contributed by atoms with Gasteiger partial charge in [0.1, 0.15) is 22.9 Å². The number of carbonyl (C=O) groups excluding carboxylic acids is 1. The molecule has 2 aliphatic heterocycles. The minimum Gasteiger partial charge on any atom is -0.389 e. The molecule has 8 heteroatoms. The first kappa shape index (κ1) is 20.1. The van der Waals surface area contributed by atoms with Crippen LogP contribution in [0.2, 0.25) is 0 Å². The van der Waals surface area contributed by atoms with Crippen molar-refractivity contribution in [3.63, 3.8) is 0 Å². The molecule has 1 aliphatic carbocycles. The lowest BCUT2D eigenvalue weighted by atomic mass is 9.88. The lowest BCUT2D eigenvalue weighted by molar-refractivity contribution is 0.0876. The van der Waals surface area contributed by atoms with Crippen LogP contribution < -0.4 is 21.5 Å². The molecule has 4 N–H and O–H groups in total. The number of rotatable bonds is 3. The summed E-state index contributed by atoms with van der Waals surface area (Å²) in [6.45, 7) is 5.76. The maximum atomic E-state index is 13.7. The van der Waals surface area contributed by atoms with Crippen LogP contribution in [0, 0.1) is 6.92 Å². The maximum absolute atomic E-state index is 13.7. The Kier molecular flexibility index (Phi) is 4.41. The Labute approximate surface area is 181 Å². The molecule has 0 saturated heterocycles. The maximum Gasteiger partial charge on any atom is 0.277 e. The van der Waals surface area contributed by atoms with E-state index in [-0.39, 0.29) is 11.5 Å². The van der Waals surface area contributed by atoms with Gasteiger partial charge in [0.05, 0.1) is 5.60 Å². The SMILES string of the molecule is Cc1c2c(c(=O)n3c1C(=O)NC31CCCCC1)Nc1cc(NCC(C)(C)O)ncc1C2. The molecule has 0 bridgehead atoms. The van der Waals surface area contributed by atoms with Crippen molar-refractivity contribution in [3.05, 3.63) is 45.0 Å². The van der Waals surface area contributed by atoms with Crippen molar-refractivity contribution in [2.24, 2.45) is 0 Å². The molecule has 0 atom stereocenters. The summed E-state index contributed by atoms with van der Waals surface area (Å²) in [5.74, 6) is 0.491. The summed E-state index contributed by atoms with van der Waals surface area (Å²) in [6, 6.07) is 1.87. The Balaban J connectivity index is 1.57. The van der Waals surface area contributed by atoms with Gasteiger partial charge in [-0.1, -0.05) is 6.42 Å². The molecule has 3 aliphatic rings. The fourth-order valence-corrected chi connectivity index (χ4v) is 5.15. The van der Waals surface area contributed by atoms with E-state index in [1.807, 2.05) is 13.0 Å². The zero-order valence-corrected chi connectivity index (χ0v) is 18.3. The number of carbonyl (C=O) groups is 1.